The number of halogens is 2. The molecule has 1 aliphatic rings. The van der Waals surface area contributed by atoms with E-state index >= 15 is 0 Å². The summed E-state index contributed by atoms with van der Waals surface area (Å²) in [4.78, 5) is 14.1. The number of carbonyl (C=O) groups excluding carboxylic acids is 1. The molecule has 1 amide bonds. The van der Waals surface area contributed by atoms with Crippen LogP contribution in [0.3, 0.4) is 0 Å². The van der Waals surface area contributed by atoms with E-state index in [-0.39, 0.29) is 30.6 Å². The number of hydrogen-bond donors (Lipinski definition) is 1. The van der Waals surface area contributed by atoms with Crippen LogP contribution < -0.4 is 5.32 Å². The maximum atomic E-state index is 13.5. The van der Waals surface area contributed by atoms with E-state index in [2.05, 4.69) is 12.2 Å². The lowest BCUT2D eigenvalue weighted by Crippen LogP contribution is -2.41. The highest BCUT2D eigenvalue weighted by atomic mass is 35.5. The summed E-state index contributed by atoms with van der Waals surface area (Å²) in [5, 5.41) is 3.36. The summed E-state index contributed by atoms with van der Waals surface area (Å²) >= 11 is 0. The third-order valence-electron chi connectivity index (χ3n) is 3.95. The van der Waals surface area contributed by atoms with E-state index in [0.717, 1.165) is 39.0 Å². The van der Waals surface area contributed by atoms with Gasteiger partial charge in [0.1, 0.15) is 5.82 Å². The Morgan fingerprint density at radius 1 is 1.33 bits per heavy atom. The molecule has 21 heavy (non-hydrogen) atoms. The van der Waals surface area contributed by atoms with Gasteiger partial charge in [-0.3, -0.25) is 4.79 Å². The quantitative estimate of drug-likeness (QED) is 0.906. The summed E-state index contributed by atoms with van der Waals surface area (Å²) in [5.41, 5.74) is 0.493. The van der Waals surface area contributed by atoms with E-state index in [9.17, 15) is 9.18 Å². The zero-order valence-electron chi connectivity index (χ0n) is 12.5. The van der Waals surface area contributed by atoms with Crippen molar-refractivity contribution in [2.45, 2.75) is 26.2 Å². The molecule has 118 valence electrons. The lowest BCUT2D eigenvalue weighted by Gasteiger charge is -2.32. The zero-order chi connectivity index (χ0) is 14.4. The van der Waals surface area contributed by atoms with E-state index in [4.69, 9.17) is 0 Å². The number of carbonyl (C=O) groups is 1. The highest BCUT2D eigenvalue weighted by molar-refractivity contribution is 5.85. The van der Waals surface area contributed by atoms with Gasteiger partial charge < -0.3 is 10.2 Å². The van der Waals surface area contributed by atoms with E-state index in [1.54, 1.807) is 18.2 Å². The summed E-state index contributed by atoms with van der Waals surface area (Å²) < 4.78 is 13.5. The topological polar surface area (TPSA) is 32.3 Å². The number of rotatable bonds is 5. The fraction of sp³-hybridized carbons (Fsp3) is 0.562. The summed E-state index contributed by atoms with van der Waals surface area (Å²) in [6.07, 6.45) is 2.25. The van der Waals surface area contributed by atoms with Crippen LogP contribution >= 0.6 is 12.4 Å². The van der Waals surface area contributed by atoms with Crippen molar-refractivity contribution < 1.29 is 9.18 Å². The van der Waals surface area contributed by atoms with Crippen molar-refractivity contribution in [2.24, 2.45) is 5.92 Å². The van der Waals surface area contributed by atoms with Crippen LogP contribution in [0.2, 0.25) is 0 Å². The van der Waals surface area contributed by atoms with Crippen LogP contribution in [-0.2, 0) is 11.2 Å². The van der Waals surface area contributed by atoms with Crippen LogP contribution in [0.1, 0.15) is 25.3 Å². The Balaban J connectivity index is 0.00000220. The first-order chi connectivity index (χ1) is 9.70. The normalized spacial score (nSPS) is 15.6. The van der Waals surface area contributed by atoms with E-state index < -0.39 is 0 Å². The lowest BCUT2D eigenvalue weighted by atomic mass is 9.96. The standard InChI is InChI=1S/C16H23FN2O.ClH/c1-2-18-12-13-7-9-19(10-8-13)16(20)11-14-5-3-4-6-15(14)17;/h3-6,13,18H,2,7-12H2,1H3;1H. The summed E-state index contributed by atoms with van der Waals surface area (Å²) in [7, 11) is 0. The Labute approximate surface area is 132 Å². The molecular formula is C16H24ClFN2O. The molecule has 2 rings (SSSR count). The number of hydrogen-bond acceptors (Lipinski definition) is 2. The molecule has 1 aromatic carbocycles. The van der Waals surface area contributed by atoms with Gasteiger partial charge in [-0.15, -0.1) is 12.4 Å². The molecule has 0 spiro atoms. The second-order valence-corrected chi connectivity index (χ2v) is 5.40. The molecule has 0 unspecified atom stereocenters. The number of benzene rings is 1. The highest BCUT2D eigenvalue weighted by Gasteiger charge is 2.22. The largest absolute Gasteiger partial charge is 0.342 e. The van der Waals surface area contributed by atoms with Crippen molar-refractivity contribution in [3.05, 3.63) is 35.6 Å². The van der Waals surface area contributed by atoms with Crippen molar-refractivity contribution in [1.82, 2.24) is 10.2 Å². The fourth-order valence-corrected chi connectivity index (χ4v) is 2.65. The zero-order valence-corrected chi connectivity index (χ0v) is 13.3. The molecule has 1 aliphatic heterocycles. The first-order valence-corrected chi connectivity index (χ1v) is 7.42. The lowest BCUT2D eigenvalue weighted by molar-refractivity contribution is -0.131. The van der Waals surface area contributed by atoms with Gasteiger partial charge in [0, 0.05) is 13.1 Å². The third kappa shape index (κ3) is 5.29. The van der Waals surface area contributed by atoms with Crippen molar-refractivity contribution in [2.75, 3.05) is 26.2 Å². The number of nitrogens with zero attached hydrogens (tertiary/aromatic N) is 1. The SMILES string of the molecule is CCNCC1CCN(C(=O)Cc2ccccc2F)CC1.Cl. The van der Waals surface area contributed by atoms with Gasteiger partial charge in [-0.2, -0.15) is 0 Å². The van der Waals surface area contributed by atoms with Crippen LogP contribution in [0.15, 0.2) is 24.3 Å². The van der Waals surface area contributed by atoms with Crippen molar-refractivity contribution in [3.63, 3.8) is 0 Å². The van der Waals surface area contributed by atoms with Gasteiger partial charge in [0.25, 0.3) is 0 Å². The predicted molar refractivity (Wildman–Crippen MR) is 85.2 cm³/mol. The van der Waals surface area contributed by atoms with E-state index in [1.165, 1.54) is 6.07 Å². The molecule has 1 saturated heterocycles. The molecular weight excluding hydrogens is 291 g/mol. The van der Waals surface area contributed by atoms with E-state index in [1.807, 2.05) is 4.90 Å². The smallest absolute Gasteiger partial charge is 0.227 e. The molecule has 1 fully saturated rings. The molecule has 0 saturated carbocycles. The first kappa shape index (κ1) is 17.9. The maximum absolute atomic E-state index is 13.5. The molecule has 5 heteroatoms. The Morgan fingerprint density at radius 2 is 2.00 bits per heavy atom. The average Bonchev–Trinajstić information content (AvgIpc) is 2.48. The molecule has 0 aliphatic carbocycles. The molecule has 0 bridgehead atoms. The summed E-state index contributed by atoms with van der Waals surface area (Å²) in [5.74, 6) is 0.410. The fourth-order valence-electron chi connectivity index (χ4n) is 2.65. The molecule has 1 aromatic rings. The highest BCUT2D eigenvalue weighted by Crippen LogP contribution is 2.18. The Bertz CT molecular complexity index is 448. The molecule has 1 heterocycles. The van der Waals surface area contributed by atoms with Crippen LogP contribution in [-0.4, -0.2) is 37.0 Å². The van der Waals surface area contributed by atoms with Crippen LogP contribution in [0, 0.1) is 11.7 Å². The number of amides is 1. The van der Waals surface area contributed by atoms with Crippen LogP contribution in [0.25, 0.3) is 0 Å². The Kier molecular flexibility index (Phi) is 7.68. The van der Waals surface area contributed by atoms with Crippen molar-refractivity contribution in [1.29, 1.82) is 0 Å². The molecule has 1 N–H and O–H groups in total. The predicted octanol–water partition coefficient (Wildman–Crippen LogP) is 2.64. The molecule has 0 atom stereocenters. The van der Waals surface area contributed by atoms with Gasteiger partial charge in [-0.05, 0) is 43.5 Å². The second kappa shape index (κ2) is 9.00. The van der Waals surface area contributed by atoms with Gasteiger partial charge in [0.15, 0.2) is 0 Å². The number of nitrogens with one attached hydrogen (secondary N) is 1. The Morgan fingerprint density at radius 3 is 2.62 bits per heavy atom. The van der Waals surface area contributed by atoms with Crippen molar-refractivity contribution >= 4 is 18.3 Å². The number of likely N-dealkylation sites (tertiary alicyclic amines) is 1. The third-order valence-corrected chi connectivity index (χ3v) is 3.95. The second-order valence-electron chi connectivity index (χ2n) is 5.40. The van der Waals surface area contributed by atoms with Gasteiger partial charge in [0.2, 0.25) is 5.91 Å². The van der Waals surface area contributed by atoms with Crippen molar-refractivity contribution in [3.8, 4) is 0 Å². The monoisotopic (exact) mass is 314 g/mol. The summed E-state index contributed by atoms with van der Waals surface area (Å²) in [6.45, 7) is 5.72. The minimum atomic E-state index is -0.289. The summed E-state index contributed by atoms with van der Waals surface area (Å²) in [6, 6.07) is 6.51. The van der Waals surface area contributed by atoms with Gasteiger partial charge in [-0.25, -0.2) is 4.39 Å². The average molecular weight is 315 g/mol. The minimum absolute atomic E-state index is 0. The Hall–Kier alpha value is -1.13. The van der Waals surface area contributed by atoms with Gasteiger partial charge in [0.05, 0.1) is 6.42 Å². The molecule has 0 aromatic heterocycles. The molecule has 3 nitrogen and oxygen atoms in total. The maximum Gasteiger partial charge on any atom is 0.227 e. The van der Waals surface area contributed by atoms with Crippen LogP contribution in [0.4, 0.5) is 4.39 Å². The minimum Gasteiger partial charge on any atom is -0.342 e. The molecule has 0 radical (unpaired) electrons. The van der Waals surface area contributed by atoms with Gasteiger partial charge in [-0.1, -0.05) is 25.1 Å². The van der Waals surface area contributed by atoms with Gasteiger partial charge >= 0.3 is 0 Å². The van der Waals surface area contributed by atoms with E-state index in [0.29, 0.717) is 11.5 Å². The number of piperidine rings is 1. The first-order valence-electron chi connectivity index (χ1n) is 7.42. The van der Waals surface area contributed by atoms with Crippen LogP contribution in [0.5, 0.6) is 0 Å².